The minimum absolute atomic E-state index is 0.145. The zero-order valence-corrected chi connectivity index (χ0v) is 11.6. The topological polar surface area (TPSA) is 109 Å². The maximum Gasteiger partial charge on any atom is 0.289 e. The molecule has 2 fully saturated rings. The molecular formula is C14H17N5O2. The van der Waals surface area contributed by atoms with Crippen molar-refractivity contribution in [2.24, 2.45) is 17.6 Å². The number of nitro groups is 1. The fraction of sp³-hybridized carbons (Fsp3) is 0.571. The molecule has 0 spiro atoms. The van der Waals surface area contributed by atoms with Crippen LogP contribution in [-0.2, 0) is 0 Å². The van der Waals surface area contributed by atoms with Gasteiger partial charge in [0.05, 0.1) is 4.92 Å². The van der Waals surface area contributed by atoms with Crippen LogP contribution in [0.3, 0.4) is 0 Å². The molecule has 1 unspecified atom stereocenters. The van der Waals surface area contributed by atoms with E-state index in [0.29, 0.717) is 17.7 Å². The molecule has 2 N–H and O–H groups in total. The van der Waals surface area contributed by atoms with Crippen molar-refractivity contribution in [2.75, 3.05) is 18.0 Å². The molecule has 3 atom stereocenters. The molecule has 1 saturated carbocycles. The van der Waals surface area contributed by atoms with Crippen molar-refractivity contribution in [3.8, 4) is 6.07 Å². The molecule has 2 aliphatic rings. The van der Waals surface area contributed by atoms with Gasteiger partial charge in [0, 0.05) is 25.2 Å². The van der Waals surface area contributed by atoms with Crippen LogP contribution in [0.5, 0.6) is 0 Å². The maximum atomic E-state index is 10.8. The van der Waals surface area contributed by atoms with E-state index in [-0.39, 0.29) is 17.3 Å². The molecule has 1 aromatic heterocycles. The molecule has 7 nitrogen and oxygen atoms in total. The number of hydrogen-bond acceptors (Lipinski definition) is 6. The first-order chi connectivity index (χ1) is 10.1. The van der Waals surface area contributed by atoms with Crippen molar-refractivity contribution in [3.63, 3.8) is 0 Å². The standard InChI is InChI=1S/C14H17N5O2/c15-5-10-4-13(19(20)21)6-17-14(10)18-7-9-1-2-12(16)3-11(9)8-18/h4,6,9,11-12H,1-3,7-8,16H2/t9-,11+,12?/m1/s1. The Morgan fingerprint density at radius 3 is 2.90 bits per heavy atom. The van der Waals surface area contributed by atoms with Crippen LogP contribution in [0.2, 0.25) is 0 Å². The second kappa shape index (κ2) is 5.30. The van der Waals surface area contributed by atoms with Crippen LogP contribution in [0.4, 0.5) is 11.5 Å². The summed E-state index contributed by atoms with van der Waals surface area (Å²) in [5.41, 5.74) is 6.15. The Bertz CT molecular complexity index is 612. The third-order valence-electron chi connectivity index (χ3n) is 4.57. The molecule has 1 aliphatic heterocycles. The predicted octanol–water partition coefficient (Wildman–Crippen LogP) is 1.43. The second-order valence-electron chi connectivity index (χ2n) is 5.93. The number of aromatic nitrogens is 1. The highest BCUT2D eigenvalue weighted by atomic mass is 16.6. The molecule has 2 heterocycles. The van der Waals surface area contributed by atoms with Gasteiger partial charge in [-0.15, -0.1) is 0 Å². The van der Waals surface area contributed by atoms with E-state index in [2.05, 4.69) is 9.88 Å². The number of rotatable bonds is 2. The summed E-state index contributed by atoms with van der Waals surface area (Å²) in [4.78, 5) is 16.5. The molecule has 0 radical (unpaired) electrons. The zero-order chi connectivity index (χ0) is 15.0. The maximum absolute atomic E-state index is 10.8. The van der Waals surface area contributed by atoms with Crippen LogP contribution < -0.4 is 10.6 Å². The Morgan fingerprint density at radius 2 is 2.19 bits per heavy atom. The van der Waals surface area contributed by atoms with Crippen molar-refractivity contribution < 1.29 is 4.92 Å². The number of hydrogen-bond donors (Lipinski definition) is 1. The molecule has 7 heteroatoms. The van der Waals surface area contributed by atoms with Crippen LogP contribution in [0, 0.1) is 33.3 Å². The first-order valence-electron chi connectivity index (χ1n) is 7.13. The summed E-state index contributed by atoms with van der Waals surface area (Å²) in [6.07, 6.45) is 4.39. The molecule has 1 aliphatic carbocycles. The van der Waals surface area contributed by atoms with E-state index >= 15 is 0 Å². The predicted molar refractivity (Wildman–Crippen MR) is 76.6 cm³/mol. The number of anilines is 1. The fourth-order valence-electron chi connectivity index (χ4n) is 3.52. The van der Waals surface area contributed by atoms with Crippen LogP contribution >= 0.6 is 0 Å². The van der Waals surface area contributed by atoms with E-state index in [4.69, 9.17) is 5.73 Å². The lowest BCUT2D eigenvalue weighted by Gasteiger charge is -2.27. The third-order valence-corrected chi connectivity index (χ3v) is 4.57. The van der Waals surface area contributed by atoms with Crippen molar-refractivity contribution in [2.45, 2.75) is 25.3 Å². The molecule has 0 aromatic carbocycles. The van der Waals surface area contributed by atoms with Gasteiger partial charge in [0.1, 0.15) is 23.6 Å². The number of nitrogens with zero attached hydrogens (tertiary/aromatic N) is 4. The molecule has 0 bridgehead atoms. The van der Waals surface area contributed by atoms with Crippen molar-refractivity contribution in [1.82, 2.24) is 4.98 Å². The van der Waals surface area contributed by atoms with Crippen molar-refractivity contribution in [1.29, 1.82) is 5.26 Å². The first kappa shape index (κ1) is 13.8. The Hall–Kier alpha value is -2.20. The van der Waals surface area contributed by atoms with Crippen LogP contribution in [0.15, 0.2) is 12.3 Å². The summed E-state index contributed by atoms with van der Waals surface area (Å²) in [5.74, 6) is 1.69. The Morgan fingerprint density at radius 1 is 1.43 bits per heavy atom. The molecule has 3 rings (SSSR count). The van der Waals surface area contributed by atoms with Gasteiger partial charge in [-0.25, -0.2) is 4.98 Å². The Kier molecular flexibility index (Phi) is 3.47. The lowest BCUT2D eigenvalue weighted by Crippen LogP contribution is -2.32. The average Bonchev–Trinajstić information content (AvgIpc) is 2.89. The summed E-state index contributed by atoms with van der Waals surface area (Å²) >= 11 is 0. The number of fused-ring (bicyclic) bond motifs is 1. The van der Waals surface area contributed by atoms with E-state index in [1.165, 1.54) is 12.3 Å². The number of nitriles is 1. The van der Waals surface area contributed by atoms with Crippen LogP contribution in [0.25, 0.3) is 0 Å². The van der Waals surface area contributed by atoms with Crippen molar-refractivity contribution in [3.05, 3.63) is 27.9 Å². The minimum atomic E-state index is -0.527. The molecule has 21 heavy (non-hydrogen) atoms. The van der Waals surface area contributed by atoms with Gasteiger partial charge in [-0.3, -0.25) is 10.1 Å². The molecule has 110 valence electrons. The van der Waals surface area contributed by atoms with Crippen LogP contribution in [-0.4, -0.2) is 29.0 Å². The molecular weight excluding hydrogens is 270 g/mol. The highest BCUT2D eigenvalue weighted by Crippen LogP contribution is 2.38. The van der Waals surface area contributed by atoms with Gasteiger partial charge in [-0.05, 0) is 31.1 Å². The van der Waals surface area contributed by atoms with E-state index in [9.17, 15) is 15.4 Å². The van der Waals surface area contributed by atoms with E-state index in [0.717, 1.165) is 32.4 Å². The monoisotopic (exact) mass is 287 g/mol. The number of nitrogens with two attached hydrogens (primary N) is 1. The zero-order valence-electron chi connectivity index (χ0n) is 11.6. The van der Waals surface area contributed by atoms with Crippen LogP contribution in [0.1, 0.15) is 24.8 Å². The minimum Gasteiger partial charge on any atom is -0.355 e. The van der Waals surface area contributed by atoms with Gasteiger partial charge in [0.15, 0.2) is 0 Å². The number of pyridine rings is 1. The van der Waals surface area contributed by atoms with Gasteiger partial charge < -0.3 is 10.6 Å². The highest BCUT2D eigenvalue weighted by molar-refractivity contribution is 5.57. The van der Waals surface area contributed by atoms with E-state index < -0.39 is 4.92 Å². The van der Waals surface area contributed by atoms with Gasteiger partial charge in [-0.1, -0.05) is 0 Å². The van der Waals surface area contributed by atoms with E-state index in [1.807, 2.05) is 6.07 Å². The summed E-state index contributed by atoms with van der Waals surface area (Å²) < 4.78 is 0. The largest absolute Gasteiger partial charge is 0.355 e. The van der Waals surface area contributed by atoms with Gasteiger partial charge in [0.25, 0.3) is 5.69 Å². The molecule has 1 saturated heterocycles. The lowest BCUT2D eigenvalue weighted by atomic mass is 9.79. The summed E-state index contributed by atoms with van der Waals surface area (Å²) in [7, 11) is 0. The quantitative estimate of drug-likeness (QED) is 0.651. The third kappa shape index (κ3) is 2.54. The Balaban J connectivity index is 1.85. The second-order valence-corrected chi connectivity index (χ2v) is 5.93. The van der Waals surface area contributed by atoms with E-state index in [1.54, 1.807) is 0 Å². The van der Waals surface area contributed by atoms with Crippen molar-refractivity contribution >= 4 is 11.5 Å². The smallest absolute Gasteiger partial charge is 0.289 e. The van der Waals surface area contributed by atoms with Gasteiger partial charge in [-0.2, -0.15) is 5.26 Å². The molecule has 1 aromatic rings. The SMILES string of the molecule is N#Cc1cc([N+](=O)[O-])cnc1N1C[C@H]2CCC(N)C[C@H]2C1. The summed E-state index contributed by atoms with van der Waals surface area (Å²) in [6.45, 7) is 1.69. The summed E-state index contributed by atoms with van der Waals surface area (Å²) in [6, 6.07) is 3.60. The van der Waals surface area contributed by atoms with Gasteiger partial charge in [0.2, 0.25) is 0 Å². The normalized spacial score (nSPS) is 28.0. The highest BCUT2D eigenvalue weighted by Gasteiger charge is 2.38. The Labute approximate surface area is 122 Å². The first-order valence-corrected chi connectivity index (χ1v) is 7.13. The lowest BCUT2D eigenvalue weighted by molar-refractivity contribution is -0.385. The molecule has 0 amide bonds. The summed E-state index contributed by atoms with van der Waals surface area (Å²) in [5, 5.41) is 20.0. The van der Waals surface area contributed by atoms with Gasteiger partial charge >= 0.3 is 0 Å². The average molecular weight is 287 g/mol. The fourth-order valence-corrected chi connectivity index (χ4v) is 3.52.